The van der Waals surface area contributed by atoms with Gasteiger partial charge in [0.2, 0.25) is 0 Å². The van der Waals surface area contributed by atoms with E-state index in [-0.39, 0.29) is 5.57 Å². The van der Waals surface area contributed by atoms with Crippen LogP contribution in [0, 0.1) is 0 Å². The Kier molecular flexibility index (Phi) is 3.57. The summed E-state index contributed by atoms with van der Waals surface area (Å²) < 4.78 is 10.0. The first-order chi connectivity index (χ1) is 10.9. The summed E-state index contributed by atoms with van der Waals surface area (Å²) in [5, 5.41) is 10.9. The van der Waals surface area contributed by atoms with Crippen LogP contribution in [-0.4, -0.2) is 32.7 Å². The molecule has 0 aliphatic carbocycles. The van der Waals surface area contributed by atoms with E-state index in [0.717, 1.165) is 5.69 Å². The highest BCUT2D eigenvalue weighted by Crippen LogP contribution is 2.23. The number of esters is 2. The van der Waals surface area contributed by atoms with Crippen molar-refractivity contribution in [3.05, 3.63) is 48.4 Å². The van der Waals surface area contributed by atoms with Crippen molar-refractivity contribution in [1.82, 2.24) is 15.0 Å². The van der Waals surface area contributed by atoms with E-state index in [1.165, 1.54) is 24.8 Å². The van der Waals surface area contributed by atoms with Gasteiger partial charge in [-0.2, -0.15) is 15.0 Å². The summed E-state index contributed by atoms with van der Waals surface area (Å²) in [5.74, 6) is -2.72. The molecule has 0 unspecified atom stereocenters. The average Bonchev–Trinajstić information content (AvgIpc) is 2.99. The molecule has 2 heterocycles. The first-order valence-corrected chi connectivity index (χ1v) is 6.85. The highest BCUT2D eigenvalue weighted by atomic mass is 16.7. The molecular weight excluding hydrogens is 300 g/mol. The van der Waals surface area contributed by atoms with E-state index < -0.39 is 17.7 Å². The molecule has 1 fully saturated rings. The van der Waals surface area contributed by atoms with Gasteiger partial charge in [0.1, 0.15) is 0 Å². The number of anilines is 1. The Morgan fingerprint density at radius 1 is 1.13 bits per heavy atom. The number of benzene rings is 1. The second-order valence-electron chi connectivity index (χ2n) is 5.25. The molecule has 0 saturated carbocycles. The van der Waals surface area contributed by atoms with Crippen LogP contribution in [0.2, 0.25) is 0 Å². The maximum atomic E-state index is 11.8. The standard InChI is InChI=1S/C15H14N4O4/c1-15(2)22-13(20)12(14(21)23-15)9-16-10-4-3-5-11(8-10)19-17-6-7-18-19/h3-9,16H,1-2H3. The number of carbonyl (C=O) groups excluding carboxylic acids is 2. The predicted octanol–water partition coefficient (Wildman–Crippen LogP) is 1.40. The zero-order valence-corrected chi connectivity index (χ0v) is 12.5. The Morgan fingerprint density at radius 3 is 2.43 bits per heavy atom. The van der Waals surface area contributed by atoms with Crippen LogP contribution in [0.4, 0.5) is 5.69 Å². The quantitative estimate of drug-likeness (QED) is 0.519. The Balaban J connectivity index is 1.79. The Morgan fingerprint density at radius 2 is 1.78 bits per heavy atom. The predicted molar refractivity (Wildman–Crippen MR) is 79.3 cm³/mol. The molecule has 0 amide bonds. The molecule has 2 aromatic rings. The Labute approximate surface area is 131 Å². The van der Waals surface area contributed by atoms with Gasteiger partial charge in [-0.15, -0.1) is 0 Å². The number of cyclic esters (lactones) is 2. The summed E-state index contributed by atoms with van der Waals surface area (Å²) in [6.45, 7) is 2.99. The van der Waals surface area contributed by atoms with E-state index in [0.29, 0.717) is 5.69 Å². The third kappa shape index (κ3) is 3.20. The van der Waals surface area contributed by atoms with Crippen molar-refractivity contribution in [2.24, 2.45) is 0 Å². The number of hydrogen-bond donors (Lipinski definition) is 1. The summed E-state index contributed by atoms with van der Waals surface area (Å²) in [6, 6.07) is 7.15. The van der Waals surface area contributed by atoms with Crippen LogP contribution in [0.3, 0.4) is 0 Å². The summed E-state index contributed by atoms with van der Waals surface area (Å²) in [4.78, 5) is 25.1. The molecule has 0 spiro atoms. The van der Waals surface area contributed by atoms with E-state index in [2.05, 4.69) is 15.5 Å². The lowest BCUT2D eigenvalue weighted by molar-refractivity contribution is -0.222. The van der Waals surface area contributed by atoms with Gasteiger partial charge in [-0.25, -0.2) is 9.59 Å². The molecule has 0 radical (unpaired) electrons. The fourth-order valence-corrected chi connectivity index (χ4v) is 2.00. The van der Waals surface area contributed by atoms with Crippen LogP contribution < -0.4 is 5.32 Å². The van der Waals surface area contributed by atoms with Crippen molar-refractivity contribution in [1.29, 1.82) is 0 Å². The van der Waals surface area contributed by atoms with Crippen molar-refractivity contribution in [2.45, 2.75) is 19.6 Å². The van der Waals surface area contributed by atoms with E-state index in [4.69, 9.17) is 9.47 Å². The largest absolute Gasteiger partial charge is 0.419 e. The third-order valence-corrected chi connectivity index (χ3v) is 3.00. The van der Waals surface area contributed by atoms with Crippen LogP contribution in [-0.2, 0) is 19.1 Å². The van der Waals surface area contributed by atoms with Gasteiger partial charge in [-0.1, -0.05) is 6.07 Å². The van der Waals surface area contributed by atoms with Crippen molar-refractivity contribution < 1.29 is 19.1 Å². The highest BCUT2D eigenvalue weighted by molar-refractivity contribution is 6.15. The van der Waals surface area contributed by atoms with Gasteiger partial charge in [0, 0.05) is 25.7 Å². The van der Waals surface area contributed by atoms with Gasteiger partial charge < -0.3 is 14.8 Å². The molecule has 0 atom stereocenters. The lowest BCUT2D eigenvalue weighted by atomic mass is 10.2. The fraction of sp³-hybridized carbons (Fsp3) is 0.200. The van der Waals surface area contributed by atoms with Gasteiger partial charge in [0.15, 0.2) is 5.57 Å². The van der Waals surface area contributed by atoms with Crippen LogP contribution in [0.25, 0.3) is 5.69 Å². The minimum atomic E-state index is -1.25. The van der Waals surface area contributed by atoms with Crippen LogP contribution >= 0.6 is 0 Å². The first-order valence-electron chi connectivity index (χ1n) is 6.85. The van der Waals surface area contributed by atoms with Gasteiger partial charge in [0.05, 0.1) is 18.1 Å². The zero-order chi connectivity index (χ0) is 16.4. The highest BCUT2D eigenvalue weighted by Gasteiger charge is 2.38. The summed E-state index contributed by atoms with van der Waals surface area (Å²) in [7, 11) is 0. The minimum absolute atomic E-state index is 0.202. The van der Waals surface area contributed by atoms with Crippen LogP contribution in [0.5, 0.6) is 0 Å². The minimum Gasteiger partial charge on any atom is -0.419 e. The Hall–Kier alpha value is -3.16. The molecule has 1 aromatic carbocycles. The number of nitrogens with zero attached hydrogens (tertiary/aromatic N) is 3. The van der Waals surface area contributed by atoms with Gasteiger partial charge in [-0.3, -0.25) is 0 Å². The molecule has 23 heavy (non-hydrogen) atoms. The van der Waals surface area contributed by atoms with E-state index in [9.17, 15) is 9.59 Å². The molecule has 1 saturated heterocycles. The van der Waals surface area contributed by atoms with E-state index in [1.807, 2.05) is 6.07 Å². The number of nitrogens with one attached hydrogen (secondary N) is 1. The summed E-state index contributed by atoms with van der Waals surface area (Å²) in [5.41, 5.74) is 1.18. The maximum absolute atomic E-state index is 11.8. The van der Waals surface area contributed by atoms with Crippen molar-refractivity contribution in [3.63, 3.8) is 0 Å². The summed E-state index contributed by atoms with van der Waals surface area (Å²) >= 11 is 0. The SMILES string of the molecule is CC1(C)OC(=O)C(=CNc2cccc(-n3nccn3)c2)C(=O)O1. The number of aromatic nitrogens is 3. The molecular formula is C15H14N4O4. The molecule has 8 nitrogen and oxygen atoms in total. The number of carbonyl (C=O) groups is 2. The topological polar surface area (TPSA) is 95.3 Å². The average molecular weight is 314 g/mol. The maximum Gasteiger partial charge on any atom is 0.350 e. The third-order valence-electron chi connectivity index (χ3n) is 3.00. The lowest BCUT2D eigenvalue weighted by Crippen LogP contribution is -2.42. The second kappa shape index (κ2) is 5.56. The molecule has 118 valence electrons. The molecule has 1 aliphatic heterocycles. The van der Waals surface area contributed by atoms with Crippen molar-refractivity contribution in [2.75, 3.05) is 5.32 Å². The normalized spacial score (nSPS) is 16.5. The van der Waals surface area contributed by atoms with Crippen LogP contribution in [0.15, 0.2) is 48.4 Å². The van der Waals surface area contributed by atoms with Gasteiger partial charge in [0.25, 0.3) is 5.79 Å². The molecule has 0 bridgehead atoms. The molecule has 1 N–H and O–H groups in total. The van der Waals surface area contributed by atoms with Crippen molar-refractivity contribution >= 4 is 17.6 Å². The molecule has 8 heteroatoms. The fourth-order valence-electron chi connectivity index (χ4n) is 2.00. The number of hydrogen-bond acceptors (Lipinski definition) is 7. The monoisotopic (exact) mass is 314 g/mol. The molecule has 3 rings (SSSR count). The van der Waals surface area contributed by atoms with E-state index in [1.54, 1.807) is 30.6 Å². The smallest absolute Gasteiger partial charge is 0.350 e. The first kappa shape index (κ1) is 14.8. The van der Waals surface area contributed by atoms with E-state index >= 15 is 0 Å². The molecule has 1 aliphatic rings. The van der Waals surface area contributed by atoms with Crippen LogP contribution in [0.1, 0.15) is 13.8 Å². The lowest BCUT2D eigenvalue weighted by Gasteiger charge is -2.29. The second-order valence-corrected chi connectivity index (χ2v) is 5.25. The zero-order valence-electron chi connectivity index (χ0n) is 12.5. The van der Waals surface area contributed by atoms with Gasteiger partial charge in [-0.05, 0) is 18.2 Å². The van der Waals surface area contributed by atoms with Crippen molar-refractivity contribution in [3.8, 4) is 5.69 Å². The Bertz CT molecular complexity index is 759. The summed E-state index contributed by atoms with van der Waals surface area (Å²) in [6.07, 6.45) is 4.39. The number of ether oxygens (including phenoxy) is 2. The molecule has 1 aromatic heterocycles. The van der Waals surface area contributed by atoms with Gasteiger partial charge >= 0.3 is 11.9 Å². The number of rotatable bonds is 3.